The lowest BCUT2D eigenvalue weighted by Crippen LogP contribution is -2.40. The van der Waals surface area contributed by atoms with Crippen LogP contribution in [0.3, 0.4) is 0 Å². The molecule has 1 aromatic rings. The molecule has 0 saturated carbocycles. The molecule has 1 rings (SSSR count). The van der Waals surface area contributed by atoms with Crippen molar-refractivity contribution in [2.75, 3.05) is 6.54 Å². The minimum Gasteiger partial charge on any atom is -0.329 e. The molecule has 19 heavy (non-hydrogen) atoms. The summed E-state index contributed by atoms with van der Waals surface area (Å²) in [6, 6.07) is 5.64. The average molecular weight is 302 g/mol. The Kier molecular flexibility index (Phi) is 5.76. The van der Waals surface area contributed by atoms with Gasteiger partial charge in [0.05, 0.1) is 16.7 Å². The van der Waals surface area contributed by atoms with E-state index in [9.17, 15) is 8.42 Å². The number of nitrogens with one attached hydrogen (secondary N) is 1. The zero-order valence-corrected chi connectivity index (χ0v) is 12.1. The van der Waals surface area contributed by atoms with Gasteiger partial charge in [-0.1, -0.05) is 24.9 Å². The van der Waals surface area contributed by atoms with Crippen molar-refractivity contribution in [2.45, 2.75) is 30.7 Å². The quantitative estimate of drug-likeness (QED) is 0.834. The van der Waals surface area contributed by atoms with Crippen LogP contribution in [-0.4, -0.2) is 21.0 Å². The van der Waals surface area contributed by atoms with E-state index >= 15 is 0 Å². The number of halogens is 1. The number of benzene rings is 1. The van der Waals surface area contributed by atoms with Crippen LogP contribution in [0.25, 0.3) is 0 Å². The Balaban J connectivity index is 3.04. The Bertz CT molecular complexity index is 581. The average Bonchev–Trinajstić information content (AvgIpc) is 2.37. The summed E-state index contributed by atoms with van der Waals surface area (Å²) in [5.41, 5.74) is 5.84. The van der Waals surface area contributed by atoms with E-state index in [0.717, 1.165) is 6.42 Å². The van der Waals surface area contributed by atoms with Gasteiger partial charge in [0.15, 0.2) is 0 Å². The van der Waals surface area contributed by atoms with Crippen molar-refractivity contribution in [3.05, 3.63) is 28.8 Å². The minimum atomic E-state index is -3.72. The molecule has 0 radical (unpaired) electrons. The van der Waals surface area contributed by atoms with Gasteiger partial charge in [-0.15, -0.1) is 0 Å². The zero-order valence-electron chi connectivity index (χ0n) is 10.6. The van der Waals surface area contributed by atoms with Crippen LogP contribution in [-0.2, 0) is 10.0 Å². The molecule has 5 nitrogen and oxygen atoms in total. The van der Waals surface area contributed by atoms with E-state index in [1.807, 2.05) is 13.0 Å². The molecule has 0 fully saturated rings. The summed E-state index contributed by atoms with van der Waals surface area (Å²) in [5.74, 6) is 0. The highest BCUT2D eigenvalue weighted by Gasteiger charge is 2.21. The van der Waals surface area contributed by atoms with Gasteiger partial charge in [0.25, 0.3) is 0 Å². The molecule has 0 amide bonds. The van der Waals surface area contributed by atoms with Crippen LogP contribution < -0.4 is 10.5 Å². The van der Waals surface area contributed by atoms with Crippen molar-refractivity contribution < 1.29 is 8.42 Å². The predicted octanol–water partition coefficient (Wildman–Crippen LogP) is 1.62. The summed E-state index contributed by atoms with van der Waals surface area (Å²) < 4.78 is 26.8. The lowest BCUT2D eigenvalue weighted by Gasteiger charge is -2.16. The Morgan fingerprint density at radius 3 is 2.68 bits per heavy atom. The summed E-state index contributed by atoms with van der Waals surface area (Å²) in [5, 5.41) is 8.75. The fraction of sp³-hybridized carbons (Fsp3) is 0.417. The van der Waals surface area contributed by atoms with Crippen molar-refractivity contribution in [3.63, 3.8) is 0 Å². The van der Waals surface area contributed by atoms with Crippen LogP contribution in [0, 0.1) is 11.3 Å². The predicted molar refractivity (Wildman–Crippen MR) is 74.2 cm³/mol. The zero-order chi connectivity index (χ0) is 14.5. The van der Waals surface area contributed by atoms with Crippen molar-refractivity contribution in [3.8, 4) is 6.07 Å². The minimum absolute atomic E-state index is 0.0267. The number of nitrogens with zero attached hydrogens (tertiary/aromatic N) is 1. The summed E-state index contributed by atoms with van der Waals surface area (Å²) in [6.07, 6.45) is 1.48. The SMILES string of the molecule is CCCC(CN)NS(=O)(=O)c1ccc(C#N)cc1Cl. The molecule has 0 bridgehead atoms. The highest BCUT2D eigenvalue weighted by molar-refractivity contribution is 7.89. The molecule has 0 aliphatic rings. The number of rotatable bonds is 6. The molecule has 0 spiro atoms. The summed E-state index contributed by atoms with van der Waals surface area (Å²) in [4.78, 5) is -0.0391. The maximum absolute atomic E-state index is 12.2. The first-order valence-electron chi connectivity index (χ1n) is 5.86. The van der Waals surface area contributed by atoms with E-state index in [4.69, 9.17) is 22.6 Å². The molecule has 104 valence electrons. The number of nitrogens with two attached hydrogens (primary N) is 1. The molecule has 0 saturated heterocycles. The standard InChI is InChI=1S/C12H16ClN3O2S/c1-2-3-10(8-15)16-19(17,18)12-5-4-9(7-14)6-11(12)13/h4-6,10,16H,2-3,8,15H2,1H3. The number of hydrogen-bond acceptors (Lipinski definition) is 4. The molecular weight excluding hydrogens is 286 g/mol. The molecule has 0 aliphatic carbocycles. The third kappa shape index (κ3) is 4.18. The Labute approximate surface area is 118 Å². The lowest BCUT2D eigenvalue weighted by molar-refractivity contribution is 0.527. The monoisotopic (exact) mass is 301 g/mol. The second-order valence-corrected chi connectivity index (χ2v) is 6.19. The summed E-state index contributed by atoms with van der Waals surface area (Å²) in [6.45, 7) is 2.17. The van der Waals surface area contributed by atoms with Crippen LogP contribution in [0.4, 0.5) is 0 Å². The highest BCUT2D eigenvalue weighted by atomic mass is 35.5. The maximum atomic E-state index is 12.2. The van der Waals surface area contributed by atoms with Crippen LogP contribution in [0.15, 0.2) is 23.1 Å². The Hall–Kier alpha value is -1.13. The fourth-order valence-corrected chi connectivity index (χ4v) is 3.47. The maximum Gasteiger partial charge on any atom is 0.242 e. The largest absolute Gasteiger partial charge is 0.329 e. The van der Waals surface area contributed by atoms with Gasteiger partial charge in [0.1, 0.15) is 4.90 Å². The number of hydrogen-bond donors (Lipinski definition) is 2. The number of nitriles is 1. The van der Waals surface area contributed by atoms with Crippen molar-refractivity contribution in [2.24, 2.45) is 5.73 Å². The van der Waals surface area contributed by atoms with Crippen molar-refractivity contribution >= 4 is 21.6 Å². The molecule has 1 unspecified atom stereocenters. The van der Waals surface area contributed by atoms with Gasteiger partial charge >= 0.3 is 0 Å². The summed E-state index contributed by atoms with van der Waals surface area (Å²) in [7, 11) is -3.72. The van der Waals surface area contributed by atoms with Gasteiger partial charge in [-0.25, -0.2) is 13.1 Å². The normalized spacial score (nSPS) is 12.9. The van der Waals surface area contributed by atoms with Gasteiger partial charge in [-0.05, 0) is 24.6 Å². The van der Waals surface area contributed by atoms with Gasteiger partial charge < -0.3 is 5.73 Å². The van der Waals surface area contributed by atoms with Gasteiger partial charge in [0, 0.05) is 12.6 Å². The van der Waals surface area contributed by atoms with E-state index in [2.05, 4.69) is 4.72 Å². The van der Waals surface area contributed by atoms with E-state index in [0.29, 0.717) is 12.0 Å². The first-order chi connectivity index (χ1) is 8.94. The third-order valence-corrected chi connectivity index (χ3v) is 4.60. The fourth-order valence-electron chi connectivity index (χ4n) is 1.64. The molecule has 0 heterocycles. The van der Waals surface area contributed by atoms with Crippen molar-refractivity contribution in [1.82, 2.24) is 4.72 Å². The molecule has 7 heteroatoms. The van der Waals surface area contributed by atoms with Crippen LogP contribution in [0.2, 0.25) is 5.02 Å². The topological polar surface area (TPSA) is 96.0 Å². The Morgan fingerprint density at radius 1 is 1.53 bits per heavy atom. The second-order valence-electron chi connectivity index (χ2n) is 4.10. The van der Waals surface area contributed by atoms with E-state index in [1.54, 1.807) is 0 Å². The van der Waals surface area contributed by atoms with Crippen LogP contribution >= 0.6 is 11.6 Å². The van der Waals surface area contributed by atoms with E-state index in [1.165, 1.54) is 18.2 Å². The van der Waals surface area contributed by atoms with Gasteiger partial charge in [-0.3, -0.25) is 0 Å². The van der Waals surface area contributed by atoms with E-state index < -0.39 is 10.0 Å². The van der Waals surface area contributed by atoms with Crippen molar-refractivity contribution in [1.29, 1.82) is 5.26 Å². The second kappa shape index (κ2) is 6.87. The molecule has 1 aromatic carbocycles. The number of sulfonamides is 1. The van der Waals surface area contributed by atoms with E-state index in [-0.39, 0.29) is 22.5 Å². The molecular formula is C12H16ClN3O2S. The van der Waals surface area contributed by atoms with Gasteiger partial charge in [0.2, 0.25) is 10.0 Å². The highest BCUT2D eigenvalue weighted by Crippen LogP contribution is 2.22. The van der Waals surface area contributed by atoms with Crippen LogP contribution in [0.5, 0.6) is 0 Å². The first kappa shape index (κ1) is 15.9. The lowest BCUT2D eigenvalue weighted by atomic mass is 10.2. The smallest absolute Gasteiger partial charge is 0.242 e. The summed E-state index contributed by atoms with van der Waals surface area (Å²) >= 11 is 5.89. The molecule has 0 aliphatic heterocycles. The van der Waals surface area contributed by atoms with Gasteiger partial charge in [-0.2, -0.15) is 5.26 Å². The first-order valence-corrected chi connectivity index (χ1v) is 7.72. The molecule has 0 aromatic heterocycles. The third-order valence-electron chi connectivity index (χ3n) is 2.59. The molecule has 3 N–H and O–H groups in total. The van der Waals surface area contributed by atoms with Crippen LogP contribution in [0.1, 0.15) is 25.3 Å². The molecule has 1 atom stereocenters. The Morgan fingerprint density at radius 2 is 2.21 bits per heavy atom.